The fourth-order valence-electron chi connectivity index (χ4n) is 1.18. The summed E-state index contributed by atoms with van der Waals surface area (Å²) in [5.74, 6) is -0.0701. The van der Waals surface area contributed by atoms with E-state index in [0.717, 1.165) is 6.42 Å². The quantitative estimate of drug-likeness (QED) is 0.855. The molecule has 0 radical (unpaired) electrons. The Balaban J connectivity index is 2.48. The Hall–Kier alpha value is -1.63. The summed E-state index contributed by atoms with van der Waals surface area (Å²) in [6.07, 6.45) is 0.529. The molecule has 100 valence electrons. The number of methoxy groups -OCH3 is 1. The molecule has 2 N–H and O–H groups in total. The Labute approximate surface area is 110 Å². The number of anilines is 1. The predicted molar refractivity (Wildman–Crippen MR) is 69.7 cm³/mol. The molecule has 0 bridgehead atoms. The zero-order chi connectivity index (χ0) is 13.5. The molecule has 1 heterocycles. The molecule has 1 rings (SSSR count). The van der Waals surface area contributed by atoms with Crippen molar-refractivity contribution in [2.24, 2.45) is 0 Å². The molecule has 18 heavy (non-hydrogen) atoms. The lowest BCUT2D eigenvalue weighted by Gasteiger charge is -2.10. The third kappa shape index (κ3) is 4.70. The van der Waals surface area contributed by atoms with Crippen molar-refractivity contribution in [2.75, 3.05) is 12.4 Å². The third-order valence-corrected chi connectivity index (χ3v) is 3.11. The van der Waals surface area contributed by atoms with Crippen molar-refractivity contribution in [2.45, 2.75) is 32.7 Å². The molecular formula is C11H17N3O3S. The minimum Gasteiger partial charge on any atom is -0.453 e. The highest BCUT2D eigenvalue weighted by Gasteiger charge is 2.11. The summed E-state index contributed by atoms with van der Waals surface area (Å²) >= 11 is 1.26. The first-order valence-corrected chi connectivity index (χ1v) is 6.51. The topological polar surface area (TPSA) is 80.3 Å². The summed E-state index contributed by atoms with van der Waals surface area (Å²) in [5, 5.41) is 7.47. The Morgan fingerprint density at radius 2 is 2.28 bits per heavy atom. The summed E-state index contributed by atoms with van der Waals surface area (Å²) in [5.41, 5.74) is 0.632. The Bertz CT molecular complexity index is 419. The maximum Gasteiger partial charge on any atom is 0.413 e. The van der Waals surface area contributed by atoms with Crippen molar-refractivity contribution in [1.82, 2.24) is 10.3 Å². The number of ether oxygens (including phenoxy) is 1. The predicted octanol–water partition coefficient (Wildman–Crippen LogP) is 1.78. The van der Waals surface area contributed by atoms with Crippen molar-refractivity contribution >= 4 is 28.5 Å². The van der Waals surface area contributed by atoms with Gasteiger partial charge in [-0.15, -0.1) is 11.3 Å². The van der Waals surface area contributed by atoms with E-state index in [4.69, 9.17) is 0 Å². The summed E-state index contributed by atoms with van der Waals surface area (Å²) in [4.78, 5) is 26.7. The van der Waals surface area contributed by atoms with Crippen LogP contribution >= 0.6 is 11.3 Å². The number of hydrogen-bond donors (Lipinski definition) is 2. The second-order valence-corrected chi connectivity index (χ2v) is 4.67. The molecule has 2 amide bonds. The van der Waals surface area contributed by atoms with Crippen LogP contribution in [0.5, 0.6) is 0 Å². The van der Waals surface area contributed by atoms with Crippen LogP contribution in [0.2, 0.25) is 0 Å². The van der Waals surface area contributed by atoms with E-state index in [0.29, 0.717) is 10.8 Å². The molecule has 0 aliphatic carbocycles. The van der Waals surface area contributed by atoms with Crippen LogP contribution in [0.4, 0.5) is 9.93 Å². The normalized spacial score (nSPS) is 11.7. The summed E-state index contributed by atoms with van der Waals surface area (Å²) in [6.45, 7) is 3.95. The lowest BCUT2D eigenvalue weighted by Crippen LogP contribution is -2.33. The van der Waals surface area contributed by atoms with Crippen molar-refractivity contribution in [3.63, 3.8) is 0 Å². The first kappa shape index (κ1) is 14.4. The fraction of sp³-hybridized carbons (Fsp3) is 0.545. The first-order valence-electron chi connectivity index (χ1n) is 5.63. The molecule has 7 heteroatoms. The standard InChI is InChI=1S/C11H17N3O3S/c1-4-7(2)12-9(15)5-8-6-18-10(13-8)14-11(16)17-3/h6-7H,4-5H2,1-3H3,(H,12,15)(H,13,14,16). The lowest BCUT2D eigenvalue weighted by atomic mass is 10.2. The van der Waals surface area contributed by atoms with Gasteiger partial charge < -0.3 is 10.1 Å². The minimum atomic E-state index is -0.569. The van der Waals surface area contributed by atoms with Crippen LogP contribution in [0, 0.1) is 0 Å². The number of rotatable bonds is 5. The number of nitrogens with one attached hydrogen (secondary N) is 2. The van der Waals surface area contributed by atoms with Gasteiger partial charge in [0.15, 0.2) is 5.13 Å². The van der Waals surface area contributed by atoms with Crippen LogP contribution in [0.25, 0.3) is 0 Å². The smallest absolute Gasteiger partial charge is 0.413 e. The highest BCUT2D eigenvalue weighted by Crippen LogP contribution is 2.15. The number of amides is 2. The number of thiazole rings is 1. The zero-order valence-electron chi connectivity index (χ0n) is 10.6. The van der Waals surface area contributed by atoms with Crippen molar-refractivity contribution in [1.29, 1.82) is 0 Å². The number of carbonyl (C=O) groups excluding carboxylic acids is 2. The minimum absolute atomic E-state index is 0.0701. The number of hydrogen-bond acceptors (Lipinski definition) is 5. The lowest BCUT2D eigenvalue weighted by molar-refractivity contribution is -0.121. The van der Waals surface area contributed by atoms with Gasteiger partial charge >= 0.3 is 6.09 Å². The Kier molecular flexibility index (Phi) is 5.57. The summed E-state index contributed by atoms with van der Waals surface area (Å²) < 4.78 is 4.45. The molecule has 0 saturated heterocycles. The molecule has 0 aliphatic rings. The van der Waals surface area contributed by atoms with Crippen molar-refractivity contribution in [3.8, 4) is 0 Å². The molecule has 0 aliphatic heterocycles. The molecule has 6 nitrogen and oxygen atoms in total. The van der Waals surface area contributed by atoms with E-state index in [1.165, 1.54) is 18.4 Å². The van der Waals surface area contributed by atoms with Gasteiger partial charge in [-0.3, -0.25) is 10.1 Å². The molecule has 1 aromatic rings. The average Bonchev–Trinajstić information content (AvgIpc) is 2.75. The van der Waals surface area contributed by atoms with Crippen molar-refractivity contribution < 1.29 is 14.3 Å². The molecule has 1 unspecified atom stereocenters. The van der Waals surface area contributed by atoms with Crippen LogP contribution in [-0.2, 0) is 16.0 Å². The van der Waals surface area contributed by atoms with E-state index in [1.807, 2.05) is 13.8 Å². The van der Waals surface area contributed by atoms with Gasteiger partial charge in [-0.05, 0) is 13.3 Å². The first-order chi connectivity index (χ1) is 8.55. The molecule has 1 aromatic heterocycles. The van der Waals surface area contributed by atoms with E-state index < -0.39 is 6.09 Å². The summed E-state index contributed by atoms with van der Waals surface area (Å²) in [6, 6.07) is 0.156. The van der Waals surface area contributed by atoms with Crippen LogP contribution in [0.15, 0.2) is 5.38 Å². The van der Waals surface area contributed by atoms with Crippen LogP contribution in [-0.4, -0.2) is 30.1 Å². The molecule has 0 spiro atoms. The van der Waals surface area contributed by atoms with Gasteiger partial charge in [0.1, 0.15) is 0 Å². The van der Waals surface area contributed by atoms with Crippen LogP contribution in [0.1, 0.15) is 26.0 Å². The van der Waals surface area contributed by atoms with E-state index in [1.54, 1.807) is 5.38 Å². The number of nitrogens with zero attached hydrogens (tertiary/aromatic N) is 1. The monoisotopic (exact) mass is 271 g/mol. The summed E-state index contributed by atoms with van der Waals surface area (Å²) in [7, 11) is 1.28. The highest BCUT2D eigenvalue weighted by atomic mass is 32.1. The average molecular weight is 271 g/mol. The van der Waals surface area contributed by atoms with Gasteiger partial charge in [0, 0.05) is 11.4 Å². The molecule has 0 fully saturated rings. The van der Waals surface area contributed by atoms with Gasteiger partial charge in [0.25, 0.3) is 0 Å². The molecule has 1 atom stereocenters. The number of aromatic nitrogens is 1. The maximum absolute atomic E-state index is 11.6. The highest BCUT2D eigenvalue weighted by molar-refractivity contribution is 7.13. The van der Waals surface area contributed by atoms with Gasteiger partial charge in [-0.1, -0.05) is 6.92 Å². The van der Waals surface area contributed by atoms with Crippen LogP contribution < -0.4 is 10.6 Å². The second kappa shape index (κ2) is 6.95. The largest absolute Gasteiger partial charge is 0.453 e. The van der Waals surface area contributed by atoms with Gasteiger partial charge in [-0.25, -0.2) is 9.78 Å². The SMILES string of the molecule is CCC(C)NC(=O)Cc1csc(NC(=O)OC)n1. The van der Waals surface area contributed by atoms with Crippen LogP contribution in [0.3, 0.4) is 0 Å². The van der Waals surface area contributed by atoms with E-state index >= 15 is 0 Å². The molecule has 0 saturated carbocycles. The molecule has 0 aromatic carbocycles. The Morgan fingerprint density at radius 1 is 1.56 bits per heavy atom. The maximum atomic E-state index is 11.6. The van der Waals surface area contributed by atoms with E-state index in [2.05, 4.69) is 20.4 Å². The Morgan fingerprint density at radius 3 is 2.89 bits per heavy atom. The third-order valence-electron chi connectivity index (χ3n) is 2.31. The van der Waals surface area contributed by atoms with E-state index in [9.17, 15) is 9.59 Å². The second-order valence-electron chi connectivity index (χ2n) is 3.81. The number of carbonyl (C=O) groups is 2. The van der Waals surface area contributed by atoms with Crippen molar-refractivity contribution in [3.05, 3.63) is 11.1 Å². The fourth-order valence-corrected chi connectivity index (χ4v) is 1.87. The van der Waals surface area contributed by atoms with Gasteiger partial charge in [0.05, 0.1) is 19.2 Å². The zero-order valence-corrected chi connectivity index (χ0v) is 11.5. The van der Waals surface area contributed by atoms with E-state index in [-0.39, 0.29) is 18.4 Å². The van der Waals surface area contributed by atoms with Gasteiger partial charge in [0.2, 0.25) is 5.91 Å². The molecular weight excluding hydrogens is 254 g/mol. The van der Waals surface area contributed by atoms with Gasteiger partial charge in [-0.2, -0.15) is 0 Å².